The molecular weight excluding hydrogens is 312 g/mol. The predicted molar refractivity (Wildman–Crippen MR) is 89.4 cm³/mol. The Kier molecular flexibility index (Phi) is 4.51. The summed E-state index contributed by atoms with van der Waals surface area (Å²) in [5, 5.41) is 11.1. The average molecular weight is 332 g/mol. The minimum atomic E-state index is -0.470. The zero-order valence-corrected chi connectivity index (χ0v) is 14.1. The molecule has 2 aliphatic rings. The maximum atomic E-state index is 12.3. The second-order valence-corrected chi connectivity index (χ2v) is 7.17. The molecule has 1 saturated carbocycles. The van der Waals surface area contributed by atoms with Gasteiger partial charge in [0.1, 0.15) is 10.6 Å². The molecule has 0 aromatic carbocycles. The van der Waals surface area contributed by atoms with E-state index in [1.54, 1.807) is 25.6 Å². The number of aryl methyl sites for hydroxylation is 1. The van der Waals surface area contributed by atoms with E-state index in [0.29, 0.717) is 22.2 Å². The second-order valence-electron chi connectivity index (χ2n) is 5.94. The lowest BCUT2D eigenvalue weighted by Crippen LogP contribution is -2.26. The number of ether oxygens (including phenoxy) is 1. The lowest BCUT2D eigenvalue weighted by Gasteiger charge is -2.28. The number of esters is 1. The molecule has 1 fully saturated rings. The van der Waals surface area contributed by atoms with Crippen LogP contribution in [-0.2, 0) is 4.74 Å². The highest BCUT2D eigenvalue weighted by Gasteiger charge is 2.41. The second kappa shape index (κ2) is 6.42. The zero-order valence-electron chi connectivity index (χ0n) is 13.3. The van der Waals surface area contributed by atoms with E-state index >= 15 is 0 Å². The highest BCUT2D eigenvalue weighted by Crippen LogP contribution is 2.53. The van der Waals surface area contributed by atoms with Crippen molar-refractivity contribution < 1.29 is 14.6 Å². The van der Waals surface area contributed by atoms with Gasteiger partial charge in [0.05, 0.1) is 17.5 Å². The number of nitrogens with zero attached hydrogens (tertiary/aromatic N) is 1. The molecule has 1 aliphatic heterocycles. The van der Waals surface area contributed by atoms with E-state index in [0.717, 1.165) is 29.9 Å². The number of hydrogen-bond donors (Lipinski definition) is 2. The molecule has 0 saturated heterocycles. The molecule has 122 valence electrons. The van der Waals surface area contributed by atoms with Gasteiger partial charge >= 0.3 is 5.97 Å². The first-order valence-corrected chi connectivity index (χ1v) is 8.62. The van der Waals surface area contributed by atoms with Gasteiger partial charge in [-0.15, -0.1) is 17.7 Å². The van der Waals surface area contributed by atoms with Gasteiger partial charge in [0.15, 0.2) is 6.61 Å². The Morgan fingerprint density at radius 3 is 3.04 bits per heavy atom. The van der Waals surface area contributed by atoms with Gasteiger partial charge in [0.2, 0.25) is 0 Å². The first-order chi connectivity index (χ1) is 11.0. The molecular formula is C17H20N2O3S. The van der Waals surface area contributed by atoms with Crippen LogP contribution < -0.4 is 5.73 Å². The van der Waals surface area contributed by atoms with E-state index in [4.69, 9.17) is 10.5 Å². The standard InChI is InChI=1S/C17H20N2O3S/c1-3-4-7-22-17(21)13-9(2)19-16-14(15(13)18)11-6-5-10(20)8-12(11)23-16/h10-12,20H,5-8H2,1-2H3,(H2,18,19). The van der Waals surface area contributed by atoms with Crippen molar-refractivity contribution >= 4 is 23.4 Å². The minimum absolute atomic E-state index is 0.0539. The summed E-state index contributed by atoms with van der Waals surface area (Å²) >= 11 is 1.67. The number of thioether (sulfide) groups is 1. The summed E-state index contributed by atoms with van der Waals surface area (Å²) in [6.45, 7) is 3.52. The molecule has 5 nitrogen and oxygen atoms in total. The van der Waals surface area contributed by atoms with Crippen LogP contribution in [0.1, 0.15) is 53.7 Å². The van der Waals surface area contributed by atoms with Gasteiger partial charge in [-0.05, 0) is 33.1 Å². The van der Waals surface area contributed by atoms with Gasteiger partial charge in [0, 0.05) is 16.7 Å². The van der Waals surface area contributed by atoms with E-state index < -0.39 is 5.97 Å². The molecule has 0 spiro atoms. The van der Waals surface area contributed by atoms with Crippen LogP contribution in [-0.4, -0.2) is 34.0 Å². The number of aromatic nitrogens is 1. The summed E-state index contributed by atoms with van der Waals surface area (Å²) in [4.78, 5) is 16.9. The van der Waals surface area contributed by atoms with Crippen LogP contribution in [0.2, 0.25) is 0 Å². The fourth-order valence-corrected chi connectivity index (χ4v) is 5.00. The highest BCUT2D eigenvalue weighted by atomic mass is 32.2. The Hall–Kier alpha value is -1.71. The van der Waals surface area contributed by atoms with Crippen molar-refractivity contribution in [1.82, 2.24) is 4.98 Å². The first-order valence-electron chi connectivity index (χ1n) is 7.74. The summed E-state index contributed by atoms with van der Waals surface area (Å²) in [7, 11) is 0. The van der Waals surface area contributed by atoms with Crippen molar-refractivity contribution in [2.45, 2.75) is 55.4 Å². The molecule has 0 radical (unpaired) electrons. The van der Waals surface area contributed by atoms with Crippen molar-refractivity contribution in [3.63, 3.8) is 0 Å². The minimum Gasteiger partial charge on any atom is -0.449 e. The lowest BCUT2D eigenvalue weighted by molar-refractivity contribution is 0.0556. The van der Waals surface area contributed by atoms with Crippen molar-refractivity contribution in [2.75, 3.05) is 12.3 Å². The molecule has 0 bridgehead atoms. The van der Waals surface area contributed by atoms with Gasteiger partial charge in [-0.1, -0.05) is 5.92 Å². The maximum Gasteiger partial charge on any atom is 0.343 e. The predicted octanol–water partition coefficient (Wildman–Crippen LogP) is 2.26. The first kappa shape index (κ1) is 16.2. The highest BCUT2D eigenvalue weighted by molar-refractivity contribution is 8.00. The number of anilines is 1. The van der Waals surface area contributed by atoms with Crippen LogP contribution >= 0.6 is 11.8 Å². The fourth-order valence-electron chi connectivity index (χ4n) is 3.38. The maximum absolute atomic E-state index is 12.3. The largest absolute Gasteiger partial charge is 0.449 e. The van der Waals surface area contributed by atoms with Crippen LogP contribution in [0.3, 0.4) is 0 Å². The molecule has 3 rings (SSSR count). The Morgan fingerprint density at radius 1 is 1.52 bits per heavy atom. The summed E-state index contributed by atoms with van der Waals surface area (Å²) in [6.07, 6.45) is 2.13. The van der Waals surface area contributed by atoms with Crippen LogP contribution in [0, 0.1) is 18.8 Å². The molecule has 0 amide bonds. The van der Waals surface area contributed by atoms with Crippen LogP contribution in [0.4, 0.5) is 5.69 Å². The number of aliphatic hydroxyl groups is 1. The molecule has 2 heterocycles. The third-order valence-electron chi connectivity index (χ3n) is 4.48. The van der Waals surface area contributed by atoms with Crippen LogP contribution in [0.5, 0.6) is 0 Å². The number of aliphatic hydroxyl groups excluding tert-OH is 1. The number of rotatable bonds is 2. The SMILES string of the molecule is CC#CCOC(=O)c1c(C)nc2c(c1N)C1CCC(O)CC1S2. The van der Waals surface area contributed by atoms with E-state index in [1.165, 1.54) is 0 Å². The third kappa shape index (κ3) is 2.91. The number of pyridine rings is 1. The number of fused-ring (bicyclic) bond motifs is 3. The summed E-state index contributed by atoms with van der Waals surface area (Å²) in [6, 6.07) is 0. The molecule has 3 N–H and O–H groups in total. The molecule has 6 heteroatoms. The van der Waals surface area contributed by atoms with Crippen molar-refractivity contribution in [3.8, 4) is 11.8 Å². The lowest BCUT2D eigenvalue weighted by atomic mass is 9.82. The molecule has 3 unspecified atom stereocenters. The van der Waals surface area contributed by atoms with Gasteiger partial charge in [-0.3, -0.25) is 0 Å². The molecule has 1 aromatic rings. The monoisotopic (exact) mass is 332 g/mol. The topological polar surface area (TPSA) is 85.4 Å². The summed E-state index contributed by atoms with van der Waals surface area (Å²) in [5.74, 6) is 5.18. The Balaban J connectivity index is 1.94. The summed E-state index contributed by atoms with van der Waals surface area (Å²) < 4.78 is 5.16. The normalized spacial score (nSPS) is 25.1. The van der Waals surface area contributed by atoms with Crippen LogP contribution in [0.15, 0.2) is 5.03 Å². The van der Waals surface area contributed by atoms with E-state index in [1.807, 2.05) is 0 Å². The van der Waals surface area contributed by atoms with E-state index in [2.05, 4.69) is 16.8 Å². The van der Waals surface area contributed by atoms with Crippen molar-refractivity contribution in [3.05, 3.63) is 16.8 Å². The van der Waals surface area contributed by atoms with Gasteiger partial charge < -0.3 is 15.6 Å². The molecule has 3 atom stereocenters. The number of hydrogen-bond acceptors (Lipinski definition) is 6. The van der Waals surface area contributed by atoms with Gasteiger partial charge in [-0.2, -0.15) is 0 Å². The molecule has 23 heavy (non-hydrogen) atoms. The zero-order chi connectivity index (χ0) is 16.6. The smallest absolute Gasteiger partial charge is 0.343 e. The number of nitrogens with two attached hydrogens (primary N) is 1. The number of carbonyl (C=O) groups is 1. The quantitative estimate of drug-likeness (QED) is 0.638. The number of carbonyl (C=O) groups excluding carboxylic acids is 1. The Labute approximate surface area is 140 Å². The fraction of sp³-hybridized carbons (Fsp3) is 0.529. The summed E-state index contributed by atoms with van der Waals surface area (Å²) in [5.41, 5.74) is 8.72. The third-order valence-corrected chi connectivity index (χ3v) is 5.83. The van der Waals surface area contributed by atoms with E-state index in [9.17, 15) is 9.90 Å². The van der Waals surface area contributed by atoms with Crippen molar-refractivity contribution in [1.29, 1.82) is 0 Å². The van der Waals surface area contributed by atoms with Crippen molar-refractivity contribution in [2.24, 2.45) is 0 Å². The molecule has 1 aromatic heterocycles. The Morgan fingerprint density at radius 2 is 2.30 bits per heavy atom. The Bertz CT molecular complexity index is 708. The van der Waals surface area contributed by atoms with Gasteiger partial charge in [0.25, 0.3) is 0 Å². The van der Waals surface area contributed by atoms with E-state index in [-0.39, 0.29) is 18.6 Å². The van der Waals surface area contributed by atoms with Gasteiger partial charge in [-0.25, -0.2) is 9.78 Å². The average Bonchev–Trinajstić information content (AvgIpc) is 2.84. The van der Waals surface area contributed by atoms with Crippen LogP contribution in [0.25, 0.3) is 0 Å². The molecule has 1 aliphatic carbocycles. The number of nitrogen functional groups attached to an aromatic ring is 1.